The lowest BCUT2D eigenvalue weighted by atomic mass is 10.2. The highest BCUT2D eigenvalue weighted by Gasteiger charge is 2.14. The maximum absolute atomic E-state index is 12.1. The lowest BCUT2D eigenvalue weighted by molar-refractivity contribution is -0.127. The SMILES string of the molecule is COc1cccc(O[C@@H](C)C(=O)NCCOc2ccccc2C)c1. The van der Waals surface area contributed by atoms with Gasteiger partial charge in [-0.2, -0.15) is 0 Å². The Balaban J connectivity index is 1.74. The number of hydrogen-bond donors (Lipinski definition) is 1. The van der Waals surface area contributed by atoms with Gasteiger partial charge in [-0.3, -0.25) is 4.79 Å². The Morgan fingerprint density at radius 3 is 2.62 bits per heavy atom. The molecule has 0 spiro atoms. The first-order chi connectivity index (χ1) is 11.6. The van der Waals surface area contributed by atoms with Crippen LogP contribution in [0.1, 0.15) is 12.5 Å². The molecule has 2 aromatic rings. The summed E-state index contributed by atoms with van der Waals surface area (Å²) in [4.78, 5) is 12.1. The van der Waals surface area contributed by atoms with Gasteiger partial charge < -0.3 is 19.5 Å². The van der Waals surface area contributed by atoms with Crippen molar-refractivity contribution in [3.8, 4) is 17.2 Å². The molecule has 24 heavy (non-hydrogen) atoms. The van der Waals surface area contributed by atoms with Crippen LogP contribution in [0.4, 0.5) is 0 Å². The summed E-state index contributed by atoms with van der Waals surface area (Å²) in [5.41, 5.74) is 1.07. The van der Waals surface area contributed by atoms with Gasteiger partial charge in [0.05, 0.1) is 13.7 Å². The molecule has 2 rings (SSSR count). The Kier molecular flexibility index (Phi) is 6.49. The summed E-state index contributed by atoms with van der Waals surface area (Å²) in [5.74, 6) is 1.92. The predicted octanol–water partition coefficient (Wildman–Crippen LogP) is 2.97. The fraction of sp³-hybridized carbons (Fsp3) is 0.316. The Bertz CT molecular complexity index is 672. The highest BCUT2D eigenvalue weighted by atomic mass is 16.5. The predicted molar refractivity (Wildman–Crippen MR) is 92.8 cm³/mol. The molecule has 0 heterocycles. The average molecular weight is 329 g/mol. The third-order valence-corrected chi connectivity index (χ3v) is 3.48. The molecular weight excluding hydrogens is 306 g/mol. The molecule has 1 atom stereocenters. The zero-order chi connectivity index (χ0) is 17.4. The molecule has 2 aromatic carbocycles. The van der Waals surface area contributed by atoms with Gasteiger partial charge in [-0.15, -0.1) is 0 Å². The molecule has 0 bridgehead atoms. The second-order valence-electron chi connectivity index (χ2n) is 5.34. The quantitative estimate of drug-likeness (QED) is 0.757. The van der Waals surface area contributed by atoms with Gasteiger partial charge in [0, 0.05) is 6.07 Å². The summed E-state index contributed by atoms with van der Waals surface area (Å²) in [5, 5.41) is 2.80. The molecule has 0 radical (unpaired) electrons. The van der Waals surface area contributed by atoms with E-state index in [-0.39, 0.29) is 5.91 Å². The number of para-hydroxylation sites is 1. The second kappa shape index (κ2) is 8.82. The third kappa shape index (κ3) is 5.19. The lowest BCUT2D eigenvalue weighted by Crippen LogP contribution is -2.38. The summed E-state index contributed by atoms with van der Waals surface area (Å²) >= 11 is 0. The Hall–Kier alpha value is -2.69. The van der Waals surface area contributed by atoms with Crippen LogP contribution in [0.2, 0.25) is 0 Å². The molecule has 1 N–H and O–H groups in total. The van der Waals surface area contributed by atoms with E-state index in [9.17, 15) is 4.79 Å². The van der Waals surface area contributed by atoms with Crippen molar-refractivity contribution in [3.63, 3.8) is 0 Å². The number of ether oxygens (including phenoxy) is 3. The van der Waals surface area contributed by atoms with Crippen molar-refractivity contribution < 1.29 is 19.0 Å². The van der Waals surface area contributed by atoms with Crippen LogP contribution in [-0.4, -0.2) is 32.3 Å². The van der Waals surface area contributed by atoms with Gasteiger partial charge in [0.1, 0.15) is 23.9 Å². The van der Waals surface area contributed by atoms with Crippen LogP contribution in [0.25, 0.3) is 0 Å². The van der Waals surface area contributed by atoms with Crippen molar-refractivity contribution in [1.82, 2.24) is 5.32 Å². The highest BCUT2D eigenvalue weighted by molar-refractivity contribution is 5.80. The number of methoxy groups -OCH3 is 1. The first-order valence-electron chi connectivity index (χ1n) is 7.87. The van der Waals surface area contributed by atoms with E-state index in [1.165, 1.54) is 0 Å². The fourth-order valence-electron chi connectivity index (χ4n) is 2.13. The molecule has 5 heteroatoms. The smallest absolute Gasteiger partial charge is 0.260 e. The summed E-state index contributed by atoms with van der Waals surface area (Å²) < 4.78 is 16.4. The monoisotopic (exact) mass is 329 g/mol. The first kappa shape index (κ1) is 17.7. The van der Waals surface area contributed by atoms with Gasteiger partial charge in [0.2, 0.25) is 0 Å². The summed E-state index contributed by atoms with van der Waals surface area (Å²) in [6.45, 7) is 4.51. The number of aryl methyl sites for hydroxylation is 1. The largest absolute Gasteiger partial charge is 0.497 e. The maximum atomic E-state index is 12.1. The summed E-state index contributed by atoms with van der Waals surface area (Å²) in [6.07, 6.45) is -0.601. The van der Waals surface area contributed by atoms with Crippen molar-refractivity contribution in [1.29, 1.82) is 0 Å². The van der Waals surface area contributed by atoms with Crippen molar-refractivity contribution in [2.75, 3.05) is 20.3 Å². The molecule has 5 nitrogen and oxygen atoms in total. The number of nitrogens with one attached hydrogen (secondary N) is 1. The van der Waals surface area contributed by atoms with E-state index in [4.69, 9.17) is 14.2 Å². The van der Waals surface area contributed by atoms with Crippen molar-refractivity contribution in [3.05, 3.63) is 54.1 Å². The van der Waals surface area contributed by atoms with Gasteiger partial charge in [-0.05, 0) is 37.6 Å². The van der Waals surface area contributed by atoms with E-state index < -0.39 is 6.10 Å². The Labute approximate surface area is 142 Å². The number of carbonyl (C=O) groups is 1. The first-order valence-corrected chi connectivity index (χ1v) is 7.87. The summed E-state index contributed by atoms with van der Waals surface area (Å²) in [7, 11) is 1.59. The van der Waals surface area contributed by atoms with Crippen molar-refractivity contribution in [2.45, 2.75) is 20.0 Å². The van der Waals surface area contributed by atoms with Crippen molar-refractivity contribution >= 4 is 5.91 Å². The topological polar surface area (TPSA) is 56.8 Å². The van der Waals surface area contributed by atoms with E-state index in [1.807, 2.05) is 43.3 Å². The second-order valence-corrected chi connectivity index (χ2v) is 5.34. The highest BCUT2D eigenvalue weighted by Crippen LogP contribution is 2.20. The molecule has 0 aliphatic rings. The minimum atomic E-state index is -0.601. The van der Waals surface area contributed by atoms with Crippen molar-refractivity contribution in [2.24, 2.45) is 0 Å². The van der Waals surface area contributed by atoms with E-state index in [0.29, 0.717) is 24.7 Å². The van der Waals surface area contributed by atoms with E-state index in [0.717, 1.165) is 11.3 Å². The minimum Gasteiger partial charge on any atom is -0.497 e. The van der Waals surface area contributed by atoms with Crippen LogP contribution in [0.5, 0.6) is 17.2 Å². The van der Waals surface area contributed by atoms with Crippen LogP contribution in [-0.2, 0) is 4.79 Å². The van der Waals surface area contributed by atoms with Gasteiger partial charge in [-0.1, -0.05) is 24.3 Å². The Morgan fingerprint density at radius 2 is 1.88 bits per heavy atom. The number of benzene rings is 2. The van der Waals surface area contributed by atoms with E-state index in [1.54, 1.807) is 26.2 Å². The minimum absolute atomic E-state index is 0.189. The summed E-state index contributed by atoms with van der Waals surface area (Å²) in [6, 6.07) is 14.9. The average Bonchev–Trinajstić information content (AvgIpc) is 2.60. The molecule has 0 unspecified atom stereocenters. The van der Waals surface area contributed by atoms with Crippen LogP contribution in [0.3, 0.4) is 0 Å². The van der Waals surface area contributed by atoms with E-state index >= 15 is 0 Å². The van der Waals surface area contributed by atoms with Gasteiger partial charge in [-0.25, -0.2) is 0 Å². The standard InChI is InChI=1S/C19H23NO4/c1-14-7-4-5-10-18(14)23-12-11-20-19(21)15(2)24-17-9-6-8-16(13-17)22-3/h4-10,13,15H,11-12H2,1-3H3,(H,20,21)/t15-/m0/s1. The molecule has 0 fully saturated rings. The third-order valence-electron chi connectivity index (χ3n) is 3.48. The number of carbonyl (C=O) groups excluding carboxylic acids is 1. The fourth-order valence-corrected chi connectivity index (χ4v) is 2.13. The molecule has 0 saturated heterocycles. The van der Waals surface area contributed by atoms with Crippen LogP contribution >= 0.6 is 0 Å². The van der Waals surface area contributed by atoms with Crippen LogP contribution in [0.15, 0.2) is 48.5 Å². The van der Waals surface area contributed by atoms with Gasteiger partial charge in [0.25, 0.3) is 5.91 Å². The Morgan fingerprint density at radius 1 is 1.12 bits per heavy atom. The molecule has 1 amide bonds. The molecule has 0 aromatic heterocycles. The lowest BCUT2D eigenvalue weighted by Gasteiger charge is -2.15. The molecule has 0 aliphatic heterocycles. The molecule has 0 saturated carbocycles. The van der Waals surface area contributed by atoms with E-state index in [2.05, 4.69) is 5.32 Å². The normalized spacial score (nSPS) is 11.5. The zero-order valence-electron chi connectivity index (χ0n) is 14.2. The van der Waals surface area contributed by atoms with Crippen LogP contribution < -0.4 is 19.5 Å². The van der Waals surface area contributed by atoms with Gasteiger partial charge >= 0.3 is 0 Å². The zero-order valence-corrected chi connectivity index (χ0v) is 14.2. The number of rotatable bonds is 8. The number of hydrogen-bond acceptors (Lipinski definition) is 4. The maximum Gasteiger partial charge on any atom is 0.260 e. The molecule has 128 valence electrons. The molecule has 0 aliphatic carbocycles. The van der Waals surface area contributed by atoms with Gasteiger partial charge in [0.15, 0.2) is 6.10 Å². The number of amides is 1. The van der Waals surface area contributed by atoms with Crippen LogP contribution in [0, 0.1) is 6.92 Å². The molecular formula is C19H23NO4.